The zero-order valence-electron chi connectivity index (χ0n) is 13.7. The van der Waals surface area contributed by atoms with Gasteiger partial charge >= 0.3 is 12.1 Å². The lowest BCUT2D eigenvalue weighted by Crippen LogP contribution is -2.39. The van der Waals surface area contributed by atoms with E-state index >= 15 is 0 Å². The number of hydrogen-bond acceptors (Lipinski definition) is 6. The lowest BCUT2D eigenvalue weighted by molar-refractivity contribution is -0.157. The zero-order valence-corrected chi connectivity index (χ0v) is 14.5. The number of benzene rings is 1. The molecule has 1 atom stereocenters. The molecule has 0 bridgehead atoms. The van der Waals surface area contributed by atoms with Crippen molar-refractivity contribution in [3.63, 3.8) is 0 Å². The summed E-state index contributed by atoms with van der Waals surface area (Å²) in [5.74, 6) is -2.04. The van der Waals surface area contributed by atoms with Crippen LogP contribution in [0.1, 0.15) is 30.5 Å². The molecule has 0 aliphatic carbocycles. The van der Waals surface area contributed by atoms with E-state index < -0.39 is 28.0 Å². The van der Waals surface area contributed by atoms with Crippen LogP contribution in [0, 0.1) is 0 Å². The number of alkyl halides is 3. The van der Waals surface area contributed by atoms with Gasteiger partial charge in [-0.1, -0.05) is 12.1 Å². The van der Waals surface area contributed by atoms with Crippen molar-refractivity contribution in [1.29, 1.82) is 0 Å². The van der Waals surface area contributed by atoms with Crippen LogP contribution in [-0.2, 0) is 16.2 Å². The molecule has 2 aromatic rings. The number of hydrogen-bond donors (Lipinski definition) is 0. The largest absolute Gasteiger partial charge is 0.495 e. The first-order valence-corrected chi connectivity index (χ1v) is 9.21. The van der Waals surface area contributed by atoms with E-state index in [4.69, 9.17) is 9.15 Å². The minimum absolute atomic E-state index is 0.00431. The van der Waals surface area contributed by atoms with Crippen molar-refractivity contribution in [3.8, 4) is 5.75 Å². The van der Waals surface area contributed by atoms with Crippen LogP contribution in [0.4, 0.5) is 13.2 Å². The lowest BCUT2D eigenvalue weighted by Gasteiger charge is -2.30. The molecule has 0 spiro atoms. The van der Waals surface area contributed by atoms with Gasteiger partial charge in [0.15, 0.2) is 0 Å². The van der Waals surface area contributed by atoms with Crippen LogP contribution in [-0.4, -0.2) is 43.1 Å². The average Bonchev–Trinajstić information content (AvgIpc) is 3.12. The fourth-order valence-corrected chi connectivity index (χ4v) is 4.53. The van der Waals surface area contributed by atoms with E-state index in [-0.39, 0.29) is 29.6 Å². The predicted molar refractivity (Wildman–Crippen MR) is 83.0 cm³/mol. The predicted octanol–water partition coefficient (Wildman–Crippen LogP) is 2.67. The summed E-state index contributed by atoms with van der Waals surface area (Å²) in [5.41, 5.74) is 0. The van der Waals surface area contributed by atoms with Crippen LogP contribution in [0.15, 0.2) is 33.6 Å². The molecule has 2 heterocycles. The number of piperidine rings is 1. The Bertz CT molecular complexity index is 882. The van der Waals surface area contributed by atoms with Gasteiger partial charge in [-0.05, 0) is 25.0 Å². The maximum Gasteiger partial charge on any atom is 0.470 e. The third-order valence-electron chi connectivity index (χ3n) is 4.10. The molecule has 11 heteroatoms. The highest BCUT2D eigenvalue weighted by Crippen LogP contribution is 2.34. The van der Waals surface area contributed by atoms with E-state index in [1.165, 1.54) is 23.5 Å². The first-order valence-electron chi connectivity index (χ1n) is 7.77. The van der Waals surface area contributed by atoms with Gasteiger partial charge in [0.1, 0.15) is 10.6 Å². The van der Waals surface area contributed by atoms with Crippen LogP contribution >= 0.6 is 0 Å². The van der Waals surface area contributed by atoms with Crippen LogP contribution in [0.2, 0.25) is 0 Å². The Labute approximate surface area is 147 Å². The van der Waals surface area contributed by atoms with Gasteiger partial charge in [-0.2, -0.15) is 17.5 Å². The van der Waals surface area contributed by atoms with Gasteiger partial charge < -0.3 is 9.15 Å². The van der Waals surface area contributed by atoms with Crippen molar-refractivity contribution < 1.29 is 30.7 Å². The Morgan fingerprint density at radius 3 is 2.65 bits per heavy atom. The van der Waals surface area contributed by atoms with E-state index in [1.807, 2.05) is 0 Å². The summed E-state index contributed by atoms with van der Waals surface area (Å²) in [6.07, 6.45) is -3.82. The summed E-state index contributed by atoms with van der Waals surface area (Å²) in [6.45, 7) is 0.205. The van der Waals surface area contributed by atoms with Crippen molar-refractivity contribution in [2.45, 2.75) is 29.8 Å². The number of halogens is 3. The van der Waals surface area contributed by atoms with Crippen LogP contribution in [0.3, 0.4) is 0 Å². The molecule has 0 N–H and O–H groups in total. The van der Waals surface area contributed by atoms with Crippen molar-refractivity contribution >= 4 is 10.0 Å². The number of ether oxygens (including phenoxy) is 1. The monoisotopic (exact) mass is 391 g/mol. The highest BCUT2D eigenvalue weighted by atomic mass is 32.2. The molecule has 26 heavy (non-hydrogen) atoms. The molecule has 142 valence electrons. The average molecular weight is 391 g/mol. The third-order valence-corrected chi connectivity index (χ3v) is 6.01. The number of methoxy groups -OCH3 is 1. The molecule has 1 aliphatic rings. The van der Waals surface area contributed by atoms with Gasteiger partial charge in [-0.15, -0.1) is 10.2 Å². The fraction of sp³-hybridized carbons (Fsp3) is 0.467. The summed E-state index contributed by atoms with van der Waals surface area (Å²) in [4.78, 5) is 0.00431. The lowest BCUT2D eigenvalue weighted by atomic mass is 10.00. The first-order chi connectivity index (χ1) is 12.2. The van der Waals surface area contributed by atoms with Crippen molar-refractivity contribution in [3.05, 3.63) is 36.0 Å². The third kappa shape index (κ3) is 3.54. The van der Waals surface area contributed by atoms with Crippen molar-refractivity contribution in [2.24, 2.45) is 0 Å². The Hall–Kier alpha value is -2.14. The normalized spacial score (nSPS) is 19.5. The van der Waals surface area contributed by atoms with Crippen LogP contribution < -0.4 is 4.74 Å². The molecule has 1 fully saturated rings. The second-order valence-corrected chi connectivity index (χ2v) is 7.70. The minimum Gasteiger partial charge on any atom is -0.495 e. The van der Waals surface area contributed by atoms with Gasteiger partial charge in [0.25, 0.3) is 0 Å². The Balaban J connectivity index is 1.85. The molecule has 0 amide bonds. The smallest absolute Gasteiger partial charge is 0.470 e. The first kappa shape index (κ1) is 18.6. The van der Waals surface area contributed by atoms with E-state index in [9.17, 15) is 21.6 Å². The molecular weight excluding hydrogens is 375 g/mol. The maximum absolute atomic E-state index is 12.9. The maximum atomic E-state index is 12.9. The van der Waals surface area contributed by atoms with E-state index in [2.05, 4.69) is 10.2 Å². The number of sulfonamides is 1. The quantitative estimate of drug-likeness (QED) is 0.797. The highest BCUT2D eigenvalue weighted by molar-refractivity contribution is 7.89. The molecule has 0 radical (unpaired) electrons. The topological polar surface area (TPSA) is 85.5 Å². The zero-order chi connectivity index (χ0) is 18.9. The molecule has 3 rings (SSSR count). The molecule has 1 aromatic heterocycles. The second-order valence-electron chi connectivity index (χ2n) is 5.80. The molecular formula is C15H16F3N3O4S. The Kier molecular flexibility index (Phi) is 4.93. The summed E-state index contributed by atoms with van der Waals surface area (Å²) in [5, 5.41) is 6.45. The number of rotatable bonds is 4. The van der Waals surface area contributed by atoms with Gasteiger partial charge in [0, 0.05) is 13.1 Å². The molecule has 7 nitrogen and oxygen atoms in total. The summed E-state index contributed by atoms with van der Waals surface area (Å²) in [7, 11) is -2.51. The van der Waals surface area contributed by atoms with Crippen LogP contribution in [0.5, 0.6) is 5.75 Å². The summed E-state index contributed by atoms with van der Waals surface area (Å²) >= 11 is 0. The van der Waals surface area contributed by atoms with Crippen molar-refractivity contribution in [2.75, 3.05) is 20.2 Å². The van der Waals surface area contributed by atoms with E-state index in [0.717, 1.165) is 0 Å². The Morgan fingerprint density at radius 1 is 1.27 bits per heavy atom. The van der Waals surface area contributed by atoms with Gasteiger partial charge in [-0.25, -0.2) is 8.42 Å². The SMILES string of the molecule is COc1ccccc1S(=O)(=O)N1CCCC(c2nnc(C(F)(F)F)o2)C1. The highest BCUT2D eigenvalue weighted by Gasteiger charge is 2.40. The van der Waals surface area contributed by atoms with Gasteiger partial charge in [0.2, 0.25) is 15.9 Å². The summed E-state index contributed by atoms with van der Waals surface area (Å²) < 4.78 is 74.7. The fourth-order valence-electron chi connectivity index (χ4n) is 2.85. The Morgan fingerprint density at radius 2 is 2.00 bits per heavy atom. The van der Waals surface area contributed by atoms with E-state index in [0.29, 0.717) is 12.8 Å². The van der Waals surface area contributed by atoms with Crippen molar-refractivity contribution in [1.82, 2.24) is 14.5 Å². The molecule has 1 aliphatic heterocycles. The van der Waals surface area contributed by atoms with Crippen LogP contribution in [0.25, 0.3) is 0 Å². The summed E-state index contributed by atoms with van der Waals surface area (Å²) in [6, 6.07) is 6.17. The number of aromatic nitrogens is 2. The molecule has 1 saturated heterocycles. The number of nitrogens with zero attached hydrogens (tertiary/aromatic N) is 3. The van der Waals surface area contributed by atoms with E-state index in [1.54, 1.807) is 12.1 Å². The molecule has 0 saturated carbocycles. The van der Waals surface area contributed by atoms with Gasteiger partial charge in [-0.3, -0.25) is 0 Å². The standard InChI is InChI=1S/C15H16F3N3O4S/c1-24-11-6-2-3-7-12(11)26(22,23)21-8-4-5-10(9-21)13-19-20-14(25-13)15(16,17)18/h2-3,6-7,10H,4-5,8-9H2,1H3. The minimum atomic E-state index is -4.73. The second kappa shape index (κ2) is 6.88. The molecule has 1 unspecified atom stereocenters. The number of para-hydroxylation sites is 1. The van der Waals surface area contributed by atoms with Gasteiger partial charge in [0.05, 0.1) is 13.0 Å². The molecule has 1 aromatic carbocycles.